The zero-order valence-corrected chi connectivity index (χ0v) is 65.9. The van der Waals surface area contributed by atoms with Crippen LogP contribution in [0.15, 0.2) is 97.2 Å². The molecule has 0 radical (unpaired) electrons. The Morgan fingerprint density at radius 1 is 0.782 bits per heavy atom. The number of urea groups is 1. The summed E-state index contributed by atoms with van der Waals surface area (Å²) in [5.41, 5.74) is 10.9. The van der Waals surface area contributed by atoms with Crippen molar-refractivity contribution in [2.75, 3.05) is 83.1 Å². The number of hydrogen-bond acceptors (Lipinski definition) is 17. The number of amides is 8. The summed E-state index contributed by atoms with van der Waals surface area (Å²) in [5.74, 6) is -5.03. The Bertz CT molecular complexity index is 4400. The number of aromatic carboxylic acids is 1. The number of nitrogens with two attached hydrogens (primary N) is 1. The number of carbonyl (C=O) groups is 10. The summed E-state index contributed by atoms with van der Waals surface area (Å²) < 4.78 is 16.8. The number of nitrogens with one attached hydrogen (secondary N) is 4. The van der Waals surface area contributed by atoms with Crippen LogP contribution in [-0.2, 0) is 69.2 Å². The molecule has 3 aromatic carbocycles. The zero-order valence-electron chi connectivity index (χ0n) is 65.0. The van der Waals surface area contributed by atoms with Gasteiger partial charge in [0, 0.05) is 111 Å². The number of Topliss-reactive ketones (excluding diaryl/α,β-unsaturated/α-hetero) is 1. The molecule has 26 nitrogen and oxygen atoms in total. The number of ketones is 1. The number of quaternary nitrogens is 1. The van der Waals surface area contributed by atoms with Gasteiger partial charge in [-0.15, -0.1) is 0 Å². The molecule has 5 heterocycles. The van der Waals surface area contributed by atoms with Gasteiger partial charge in [-0.2, -0.15) is 5.10 Å². The van der Waals surface area contributed by atoms with Gasteiger partial charge >= 0.3 is 18.0 Å². The second-order valence-electron chi connectivity index (χ2n) is 33.5. The molecule has 27 heteroatoms. The highest BCUT2D eigenvalue weighted by molar-refractivity contribution is 7.22. The standard InChI is InChI=1S/C83H107N13O13S/c1-53(2)62(42-59(97)21-11-10-15-36-94-69(98)32-33-70(94)99)74(102)88-66(24-18-35-85-78(84)107)75(103)87-58-28-26-55(27-29-58)45-108-71(100)41-57(19-14-16-39-96(7,8)9)76(104)92(6)38-40-109-83-49-80(4)46-81(5,50-83)48-82(47-80,51-83)52-95-54(3)63(43-86-95)60-30-31-68(90-72(60)77(105)106)93-37-34-56-20-17-22-61(64(56)44-93)73(101)91-79-89-65-23-12-13-25-67(65)110-79/h12-13,17,20,22-23,25-33,43,53,57,62,66H,10-11,14-16,18-19,21,24,34-42,44-52H2,1-9H3,(H6-,84,85,87,88,89,91,101,102,103,105,106,107)/p+1/t57-,62+,66+,80?,81?,82?,83?/m1/s1. The van der Waals surface area contributed by atoms with E-state index in [9.17, 15) is 53.1 Å². The zero-order chi connectivity index (χ0) is 78.9. The van der Waals surface area contributed by atoms with Gasteiger partial charge in [-0.3, -0.25) is 53.3 Å². The predicted octanol–water partition coefficient (Wildman–Crippen LogP) is 11.2. The van der Waals surface area contributed by atoms with Gasteiger partial charge in [-0.25, -0.2) is 19.6 Å². The topological polar surface area (TPSA) is 337 Å². The minimum absolute atomic E-state index is 0.00971. The van der Waals surface area contributed by atoms with Gasteiger partial charge in [-0.1, -0.05) is 81.9 Å². The van der Waals surface area contributed by atoms with Crippen molar-refractivity contribution in [3.63, 3.8) is 0 Å². The van der Waals surface area contributed by atoms with Crippen molar-refractivity contribution in [2.24, 2.45) is 39.7 Å². The molecule has 0 spiro atoms. The highest BCUT2D eigenvalue weighted by atomic mass is 32.1. The number of hydrogen-bond donors (Lipinski definition) is 6. The number of benzene rings is 3. The molecule has 6 aromatic rings. The Kier molecular flexibility index (Phi) is 25.6. The van der Waals surface area contributed by atoms with E-state index in [0.29, 0.717) is 110 Å². The van der Waals surface area contributed by atoms with Crippen LogP contribution in [0, 0.1) is 40.9 Å². The van der Waals surface area contributed by atoms with Crippen LogP contribution in [0.4, 0.5) is 21.4 Å². The number of ether oxygens (including phenoxy) is 2. The maximum absolute atomic E-state index is 14.6. The number of nitrogens with zero attached hydrogens (tertiary/aromatic N) is 8. The van der Waals surface area contributed by atoms with Crippen molar-refractivity contribution in [1.29, 1.82) is 0 Å². The average Bonchev–Trinajstić information content (AvgIpc) is 0.925. The fraction of sp³-hybridized carbons (Fsp3) is 0.530. The highest BCUT2D eigenvalue weighted by Gasteiger charge is 2.66. The molecule has 0 saturated heterocycles. The molecule has 4 fully saturated rings. The van der Waals surface area contributed by atoms with Crippen molar-refractivity contribution >= 4 is 97.4 Å². The normalized spacial score (nSPS) is 20.7. The Hall–Kier alpha value is -9.73. The summed E-state index contributed by atoms with van der Waals surface area (Å²) in [5, 5.41) is 27.6. The molecule has 4 saturated carbocycles. The summed E-state index contributed by atoms with van der Waals surface area (Å²) in [6.45, 7) is 13.8. The lowest BCUT2D eigenvalue weighted by Crippen LogP contribution is -2.64. The number of likely N-dealkylation sites (N-methyl/N-ethyl adjacent to an activating group) is 1. The molecule has 2 aliphatic heterocycles. The summed E-state index contributed by atoms with van der Waals surface area (Å²) >= 11 is 1.42. The fourth-order valence-electron chi connectivity index (χ4n) is 18.3. The number of thiazole rings is 1. The Labute approximate surface area is 647 Å². The SMILES string of the molecule is Cc1c(-c2ccc(N3CCc4cccc(C(=O)Nc5nc6ccccc6s5)c4C3)nc2C(=O)O)cnn1CC12CC3(C)CC(C)(C1)CC(OCCN(C)C(=O)[C@H](CCCC[N+](C)(C)C)CC(=O)OCc1ccc(NC(=O)[C@H](CCCNC(N)=O)NC(=O)[C@@H](CC(=O)CCCCCN4C(=O)C=CC4=O)C(C)C)cc1)(C3)C2. The van der Waals surface area contributed by atoms with Crippen LogP contribution >= 0.6 is 11.3 Å². The maximum Gasteiger partial charge on any atom is 0.355 e. The minimum Gasteiger partial charge on any atom is -0.476 e. The monoisotopic (exact) mass is 1530 g/mol. The third-order valence-electron chi connectivity index (χ3n) is 22.6. The van der Waals surface area contributed by atoms with E-state index in [1.54, 1.807) is 42.4 Å². The van der Waals surface area contributed by atoms with E-state index in [-0.39, 0.29) is 103 Å². The number of carboxylic acid groups (broad SMARTS) is 1. The molecule has 12 rings (SSSR count). The van der Waals surface area contributed by atoms with Gasteiger partial charge in [0.25, 0.3) is 17.7 Å². The Morgan fingerprint density at radius 2 is 1.52 bits per heavy atom. The van der Waals surface area contributed by atoms with Crippen LogP contribution in [0.1, 0.15) is 180 Å². The molecular formula is C83H108N13O13S+. The summed E-state index contributed by atoms with van der Waals surface area (Å²) in [4.78, 5) is 146. The summed E-state index contributed by atoms with van der Waals surface area (Å²) in [7, 11) is 8.14. The number of aromatic nitrogens is 4. The number of fused-ring (bicyclic) bond motifs is 2. The minimum atomic E-state index is -1.16. The Morgan fingerprint density at radius 3 is 2.22 bits per heavy atom. The fourth-order valence-corrected chi connectivity index (χ4v) is 19.2. The second-order valence-corrected chi connectivity index (χ2v) is 34.5. The van der Waals surface area contributed by atoms with Crippen LogP contribution in [0.5, 0.6) is 0 Å². The van der Waals surface area contributed by atoms with E-state index in [2.05, 4.69) is 61.2 Å². The van der Waals surface area contributed by atoms with Crippen molar-refractivity contribution in [3.8, 4) is 11.1 Å². The first-order chi connectivity index (χ1) is 52.3. The largest absolute Gasteiger partial charge is 0.476 e. The number of esters is 1. The molecule has 8 amide bonds. The van der Waals surface area contributed by atoms with Crippen LogP contribution in [-0.4, -0.2) is 177 Å². The number of carboxylic acids is 1. The molecule has 7 N–H and O–H groups in total. The number of imide groups is 1. The molecular weight excluding hydrogens is 1420 g/mol. The van der Waals surface area contributed by atoms with Gasteiger partial charge < -0.3 is 50.5 Å². The van der Waals surface area contributed by atoms with E-state index in [4.69, 9.17) is 25.3 Å². The van der Waals surface area contributed by atoms with E-state index < -0.39 is 53.3 Å². The van der Waals surface area contributed by atoms with Crippen LogP contribution in [0.3, 0.4) is 0 Å². The average molecular weight is 1530 g/mol. The predicted molar refractivity (Wildman–Crippen MR) is 419 cm³/mol. The molecule has 588 valence electrons. The number of carbonyl (C=O) groups excluding carboxylic acids is 9. The number of rotatable bonds is 38. The molecule has 4 bridgehead atoms. The quantitative estimate of drug-likeness (QED) is 0.00908. The van der Waals surface area contributed by atoms with E-state index in [1.165, 1.54) is 23.5 Å². The molecule has 6 aliphatic rings. The third-order valence-corrected chi connectivity index (χ3v) is 23.6. The van der Waals surface area contributed by atoms with Gasteiger partial charge in [0.15, 0.2) is 10.8 Å². The number of pyridine rings is 1. The maximum atomic E-state index is 14.6. The van der Waals surface area contributed by atoms with Gasteiger partial charge in [0.05, 0.1) is 62.7 Å². The van der Waals surface area contributed by atoms with Crippen LogP contribution < -0.4 is 31.9 Å². The lowest BCUT2D eigenvalue weighted by Gasteiger charge is -2.69. The lowest BCUT2D eigenvalue weighted by molar-refractivity contribution is -0.870. The molecule has 5 atom stereocenters. The molecule has 2 unspecified atom stereocenters. The Balaban J connectivity index is 0.682. The summed E-state index contributed by atoms with van der Waals surface area (Å²) in [6, 6.07) is 22.1. The number of para-hydroxylation sites is 1. The smallest absolute Gasteiger partial charge is 0.355 e. The highest BCUT2D eigenvalue weighted by Crippen LogP contribution is 2.72. The number of anilines is 3. The van der Waals surface area contributed by atoms with Crippen LogP contribution in [0.25, 0.3) is 21.3 Å². The number of primary amides is 1. The van der Waals surface area contributed by atoms with E-state index in [0.717, 1.165) is 94.3 Å². The van der Waals surface area contributed by atoms with Crippen molar-refractivity contribution < 1.29 is 67.0 Å². The van der Waals surface area contributed by atoms with Crippen LogP contribution in [0.2, 0.25) is 0 Å². The van der Waals surface area contributed by atoms with E-state index in [1.807, 2.05) is 85.0 Å². The second kappa shape index (κ2) is 34.7. The first kappa shape index (κ1) is 81.3. The third kappa shape index (κ3) is 20.4. The van der Waals surface area contributed by atoms with Gasteiger partial charge in [0.1, 0.15) is 24.2 Å². The summed E-state index contributed by atoms with van der Waals surface area (Å²) in [6.07, 6.45) is 14.8. The van der Waals surface area contributed by atoms with Gasteiger partial charge in [0.2, 0.25) is 17.7 Å². The first-order valence-corrected chi connectivity index (χ1v) is 39.5. The molecule has 3 aromatic heterocycles. The molecule has 4 aliphatic carbocycles. The number of unbranched alkanes of at least 4 members (excludes halogenated alkanes) is 3. The van der Waals surface area contributed by atoms with Gasteiger partial charge in [-0.05, 0) is 178 Å². The van der Waals surface area contributed by atoms with Crippen molar-refractivity contribution in [1.82, 2.24) is 40.2 Å². The lowest BCUT2D eigenvalue weighted by atomic mass is 9.39. The molecule has 110 heavy (non-hydrogen) atoms. The van der Waals surface area contributed by atoms with Crippen molar-refractivity contribution in [3.05, 3.63) is 131 Å². The van der Waals surface area contributed by atoms with E-state index >= 15 is 0 Å². The first-order valence-electron chi connectivity index (χ1n) is 38.7. The van der Waals surface area contributed by atoms with Crippen molar-refractivity contribution in [2.45, 2.75) is 182 Å².